The van der Waals surface area contributed by atoms with Crippen molar-refractivity contribution in [3.63, 3.8) is 0 Å². The fourth-order valence-electron chi connectivity index (χ4n) is 3.72. The van der Waals surface area contributed by atoms with Crippen molar-refractivity contribution in [1.82, 2.24) is 15.4 Å². The van der Waals surface area contributed by atoms with Gasteiger partial charge in [0, 0.05) is 36.8 Å². The molecule has 21 heavy (non-hydrogen) atoms. The third-order valence-corrected chi connectivity index (χ3v) is 4.77. The quantitative estimate of drug-likeness (QED) is 0.903. The van der Waals surface area contributed by atoms with Gasteiger partial charge in [0.15, 0.2) is 0 Å². The van der Waals surface area contributed by atoms with E-state index in [1.165, 1.54) is 18.4 Å². The summed E-state index contributed by atoms with van der Waals surface area (Å²) in [5, 5.41) is 7.86. The molecule has 0 aliphatic carbocycles. The first-order chi connectivity index (χ1) is 9.93. The van der Waals surface area contributed by atoms with Crippen LogP contribution in [-0.4, -0.2) is 35.2 Å². The third kappa shape index (κ3) is 3.67. The number of hydrogen-bond acceptors (Lipinski definition) is 4. The van der Waals surface area contributed by atoms with Gasteiger partial charge in [-0.25, -0.2) is 0 Å². The maximum Gasteiger partial charge on any atom is 0.138 e. The number of rotatable bonds is 5. The fraction of sp³-hybridized carbons (Fsp3) is 0.824. The summed E-state index contributed by atoms with van der Waals surface area (Å²) in [6.07, 6.45) is 2.41. The summed E-state index contributed by atoms with van der Waals surface area (Å²) in [7, 11) is 0. The van der Waals surface area contributed by atoms with Crippen LogP contribution in [0.4, 0.5) is 0 Å². The molecule has 1 N–H and O–H groups in total. The monoisotopic (exact) mass is 293 g/mol. The Morgan fingerprint density at radius 2 is 2.05 bits per heavy atom. The Balaban J connectivity index is 2.16. The lowest BCUT2D eigenvalue weighted by molar-refractivity contribution is 0.0794. The normalized spacial score (nSPS) is 25.5. The Labute approximate surface area is 129 Å². The highest BCUT2D eigenvalue weighted by molar-refractivity contribution is 5.25. The lowest BCUT2D eigenvalue weighted by atomic mass is 9.95. The molecular weight excluding hydrogens is 262 g/mol. The molecule has 3 unspecified atom stereocenters. The molecule has 0 saturated carbocycles. The van der Waals surface area contributed by atoms with E-state index in [4.69, 9.17) is 4.52 Å². The lowest BCUT2D eigenvalue weighted by Gasteiger charge is -2.44. The van der Waals surface area contributed by atoms with Gasteiger partial charge in [-0.3, -0.25) is 4.90 Å². The average Bonchev–Trinajstić information content (AvgIpc) is 2.76. The summed E-state index contributed by atoms with van der Waals surface area (Å²) in [6, 6.07) is 1.56. The van der Waals surface area contributed by atoms with E-state index in [2.05, 4.69) is 50.0 Å². The highest BCUT2D eigenvalue weighted by atomic mass is 16.5. The summed E-state index contributed by atoms with van der Waals surface area (Å²) in [5.74, 6) is 1.70. The van der Waals surface area contributed by atoms with E-state index in [1.54, 1.807) is 0 Å². The zero-order valence-electron chi connectivity index (χ0n) is 14.4. The van der Waals surface area contributed by atoms with Crippen molar-refractivity contribution in [1.29, 1.82) is 0 Å². The second kappa shape index (κ2) is 6.93. The van der Waals surface area contributed by atoms with E-state index in [1.807, 2.05) is 6.92 Å². The van der Waals surface area contributed by atoms with E-state index >= 15 is 0 Å². The summed E-state index contributed by atoms with van der Waals surface area (Å²) >= 11 is 0. The second-order valence-corrected chi connectivity index (χ2v) is 6.91. The number of nitrogens with one attached hydrogen (secondary N) is 1. The van der Waals surface area contributed by atoms with E-state index in [-0.39, 0.29) is 0 Å². The predicted octanol–water partition coefficient (Wildman–Crippen LogP) is 3.45. The summed E-state index contributed by atoms with van der Waals surface area (Å²) < 4.78 is 5.38. The van der Waals surface area contributed by atoms with Crippen molar-refractivity contribution < 1.29 is 4.52 Å². The van der Waals surface area contributed by atoms with Crippen LogP contribution in [0.5, 0.6) is 0 Å². The van der Waals surface area contributed by atoms with Crippen LogP contribution in [-0.2, 0) is 0 Å². The minimum Gasteiger partial charge on any atom is -0.361 e. The summed E-state index contributed by atoms with van der Waals surface area (Å²) in [5.41, 5.74) is 2.31. The van der Waals surface area contributed by atoms with Crippen molar-refractivity contribution in [2.75, 3.05) is 13.1 Å². The van der Waals surface area contributed by atoms with Crippen LogP contribution < -0.4 is 5.32 Å². The minimum absolute atomic E-state index is 0.373. The van der Waals surface area contributed by atoms with Crippen LogP contribution in [0.1, 0.15) is 63.6 Å². The van der Waals surface area contributed by atoms with Crippen molar-refractivity contribution in [3.8, 4) is 0 Å². The topological polar surface area (TPSA) is 41.3 Å². The molecule has 3 atom stereocenters. The van der Waals surface area contributed by atoms with Gasteiger partial charge in [-0.1, -0.05) is 25.9 Å². The number of aromatic nitrogens is 1. The predicted molar refractivity (Wildman–Crippen MR) is 86.4 cm³/mol. The molecular formula is C17H31N3O. The Hall–Kier alpha value is -0.870. The van der Waals surface area contributed by atoms with E-state index in [0.29, 0.717) is 18.1 Å². The molecule has 2 rings (SSSR count). The van der Waals surface area contributed by atoms with Crippen molar-refractivity contribution >= 4 is 0 Å². The molecule has 0 amide bonds. The van der Waals surface area contributed by atoms with Crippen LogP contribution in [0.15, 0.2) is 4.52 Å². The lowest BCUT2D eigenvalue weighted by Crippen LogP contribution is -2.57. The molecule has 0 bridgehead atoms. The molecule has 0 spiro atoms. The molecule has 120 valence electrons. The Kier molecular flexibility index (Phi) is 5.44. The van der Waals surface area contributed by atoms with Crippen molar-refractivity contribution in [2.45, 2.75) is 72.5 Å². The molecule has 0 aromatic carbocycles. The molecule has 1 aromatic heterocycles. The van der Waals surface area contributed by atoms with Gasteiger partial charge < -0.3 is 9.84 Å². The molecule has 0 radical (unpaired) electrons. The molecule has 1 aliphatic rings. The van der Waals surface area contributed by atoms with Crippen LogP contribution >= 0.6 is 0 Å². The first-order valence-corrected chi connectivity index (χ1v) is 8.35. The first kappa shape index (κ1) is 16.5. The maximum absolute atomic E-state index is 5.38. The molecule has 1 aliphatic heterocycles. The fourth-order valence-corrected chi connectivity index (χ4v) is 3.72. The summed E-state index contributed by atoms with van der Waals surface area (Å²) in [6.45, 7) is 15.5. The Morgan fingerprint density at radius 3 is 2.57 bits per heavy atom. The van der Waals surface area contributed by atoms with Gasteiger partial charge in [-0.05, 0) is 39.5 Å². The average molecular weight is 293 g/mol. The smallest absolute Gasteiger partial charge is 0.138 e. The van der Waals surface area contributed by atoms with Crippen LogP contribution in [0, 0.1) is 19.8 Å². The van der Waals surface area contributed by atoms with Gasteiger partial charge in [0.25, 0.3) is 0 Å². The van der Waals surface area contributed by atoms with Crippen molar-refractivity contribution in [3.05, 3.63) is 17.0 Å². The zero-order chi connectivity index (χ0) is 15.6. The highest BCUT2D eigenvalue weighted by Crippen LogP contribution is 2.30. The van der Waals surface area contributed by atoms with Gasteiger partial charge in [-0.2, -0.15) is 0 Å². The minimum atomic E-state index is 0.373. The second-order valence-electron chi connectivity index (χ2n) is 6.91. The molecule has 1 saturated heterocycles. The van der Waals surface area contributed by atoms with Crippen LogP contribution in [0.2, 0.25) is 0 Å². The summed E-state index contributed by atoms with van der Waals surface area (Å²) in [4.78, 5) is 2.65. The number of nitrogens with zero attached hydrogens (tertiary/aromatic N) is 2. The third-order valence-electron chi connectivity index (χ3n) is 4.77. The molecule has 1 aromatic rings. The number of hydrogen-bond donors (Lipinski definition) is 1. The molecule has 4 nitrogen and oxygen atoms in total. The van der Waals surface area contributed by atoms with Gasteiger partial charge >= 0.3 is 0 Å². The number of aryl methyl sites for hydroxylation is 2. The molecule has 4 heteroatoms. The Bertz CT molecular complexity index is 435. The molecule has 2 heterocycles. The highest BCUT2D eigenvalue weighted by Gasteiger charge is 2.33. The van der Waals surface area contributed by atoms with Gasteiger partial charge in [0.2, 0.25) is 0 Å². The molecule has 1 fully saturated rings. The van der Waals surface area contributed by atoms with Crippen LogP contribution in [0.25, 0.3) is 0 Å². The van der Waals surface area contributed by atoms with E-state index in [9.17, 15) is 0 Å². The first-order valence-electron chi connectivity index (χ1n) is 8.35. The van der Waals surface area contributed by atoms with Gasteiger partial charge in [0.1, 0.15) is 5.76 Å². The standard InChI is InChI=1S/C17H31N3O/c1-7-16-9-18-15(8-11(2)3)10-20(16)13(5)17-12(4)19-21-14(17)6/h11,13,15-16,18H,7-10H2,1-6H3. The number of piperazine rings is 1. The zero-order valence-corrected chi connectivity index (χ0v) is 14.4. The largest absolute Gasteiger partial charge is 0.361 e. The van der Waals surface area contributed by atoms with E-state index < -0.39 is 0 Å². The van der Waals surface area contributed by atoms with Gasteiger partial charge in [-0.15, -0.1) is 0 Å². The van der Waals surface area contributed by atoms with Crippen LogP contribution in [0.3, 0.4) is 0 Å². The van der Waals surface area contributed by atoms with Gasteiger partial charge in [0.05, 0.1) is 5.69 Å². The van der Waals surface area contributed by atoms with E-state index in [0.717, 1.165) is 30.5 Å². The Morgan fingerprint density at radius 1 is 1.33 bits per heavy atom. The SMILES string of the molecule is CCC1CNC(CC(C)C)CN1C(C)c1c(C)noc1C. The maximum atomic E-state index is 5.38. The van der Waals surface area contributed by atoms with Crippen molar-refractivity contribution in [2.24, 2.45) is 5.92 Å².